The lowest BCUT2D eigenvalue weighted by atomic mass is 10.0. The van der Waals surface area contributed by atoms with Crippen molar-refractivity contribution in [2.45, 2.75) is 37.1 Å². The number of hydrogen-bond donors (Lipinski definition) is 3. The molecule has 10 nitrogen and oxygen atoms in total. The van der Waals surface area contributed by atoms with Gasteiger partial charge in [-0.25, -0.2) is 13.9 Å². The molecule has 1 saturated heterocycles. The Balaban J connectivity index is 1.65. The zero-order chi connectivity index (χ0) is 29.8. The minimum absolute atomic E-state index is 0.0517. The molecule has 0 aliphatic carbocycles. The van der Waals surface area contributed by atoms with Crippen molar-refractivity contribution in [1.82, 2.24) is 24.8 Å². The summed E-state index contributed by atoms with van der Waals surface area (Å²) in [4.78, 5) is 29.4. The zero-order valence-corrected chi connectivity index (χ0v) is 20.6. The van der Waals surface area contributed by atoms with Crippen LogP contribution in [0.25, 0.3) is 16.8 Å². The number of likely N-dealkylation sites (tertiary alicyclic amines) is 1. The second kappa shape index (κ2) is 9.79. The minimum Gasteiger partial charge on any atom is -0.496 e. The summed E-state index contributed by atoms with van der Waals surface area (Å²) in [6.07, 6.45) is -11.2. The Hall–Kier alpha value is -4.15. The number of aromatic nitrogens is 3. The van der Waals surface area contributed by atoms with Gasteiger partial charge in [-0.1, -0.05) is 0 Å². The van der Waals surface area contributed by atoms with Crippen LogP contribution >= 0.6 is 0 Å². The summed E-state index contributed by atoms with van der Waals surface area (Å²) in [6, 6.07) is 3.04. The predicted molar refractivity (Wildman–Crippen MR) is 124 cm³/mol. The van der Waals surface area contributed by atoms with Gasteiger partial charge in [0.25, 0.3) is 11.8 Å². The van der Waals surface area contributed by atoms with Crippen LogP contribution in [0.1, 0.15) is 22.8 Å². The highest BCUT2D eigenvalue weighted by atomic mass is 19.4. The number of aliphatic hydroxyl groups is 1. The summed E-state index contributed by atoms with van der Waals surface area (Å²) in [6.45, 7) is -1.28. The van der Waals surface area contributed by atoms with Gasteiger partial charge < -0.3 is 25.8 Å². The van der Waals surface area contributed by atoms with Gasteiger partial charge in [0.15, 0.2) is 5.82 Å². The van der Waals surface area contributed by atoms with Crippen LogP contribution in [0.15, 0.2) is 30.6 Å². The van der Waals surface area contributed by atoms with Crippen LogP contribution in [0.3, 0.4) is 0 Å². The molecular weight excluding hydrogens is 557 g/mol. The number of amides is 2. The summed E-state index contributed by atoms with van der Waals surface area (Å²) in [5.74, 6) is -3.29. The van der Waals surface area contributed by atoms with E-state index in [-0.39, 0.29) is 29.5 Å². The normalized spacial score (nSPS) is 19.5. The largest absolute Gasteiger partial charge is 0.496 e. The summed E-state index contributed by atoms with van der Waals surface area (Å²) in [5.41, 5.74) is -0.0908. The van der Waals surface area contributed by atoms with Crippen LogP contribution in [0, 0.1) is 0 Å². The Kier molecular flexibility index (Phi) is 7.06. The number of ether oxygens (including phenoxy) is 1. The lowest BCUT2D eigenvalue weighted by Crippen LogP contribution is -2.56. The third kappa shape index (κ3) is 4.96. The van der Waals surface area contributed by atoms with Gasteiger partial charge in [0, 0.05) is 12.1 Å². The van der Waals surface area contributed by atoms with Gasteiger partial charge in [-0.3, -0.25) is 9.59 Å². The molecule has 3 heterocycles. The Morgan fingerprint density at radius 2 is 1.82 bits per heavy atom. The number of carbonyl (C=O) groups excluding carboxylic acids is 2. The molecule has 0 spiro atoms. The first kappa shape index (κ1) is 28.8. The average molecular weight is 578 g/mol. The van der Waals surface area contributed by atoms with Crippen molar-refractivity contribution in [3.8, 4) is 17.0 Å². The molecule has 4 rings (SSSR count). The van der Waals surface area contributed by atoms with Crippen LogP contribution in [-0.2, 0) is 11.0 Å². The zero-order valence-electron chi connectivity index (χ0n) is 20.6. The van der Waals surface area contributed by atoms with Gasteiger partial charge >= 0.3 is 12.4 Å². The molecule has 0 unspecified atom stereocenters. The molecule has 216 valence electrons. The van der Waals surface area contributed by atoms with E-state index < -0.39 is 72.0 Å². The lowest BCUT2D eigenvalue weighted by molar-refractivity contribution is -0.249. The molecule has 1 aliphatic rings. The van der Waals surface area contributed by atoms with Crippen LogP contribution in [0.4, 0.5) is 36.6 Å². The number of nitrogens with two attached hydrogens (primary N) is 1. The third-order valence-corrected chi connectivity index (χ3v) is 6.45. The fourth-order valence-electron chi connectivity index (χ4n) is 4.28. The van der Waals surface area contributed by atoms with Crippen LogP contribution < -0.4 is 15.8 Å². The molecule has 0 bridgehead atoms. The van der Waals surface area contributed by atoms with Crippen molar-refractivity contribution in [2.24, 2.45) is 0 Å². The van der Waals surface area contributed by atoms with E-state index in [1.807, 2.05) is 0 Å². The maximum Gasteiger partial charge on any atom is 0.426 e. The van der Waals surface area contributed by atoms with E-state index in [0.29, 0.717) is 4.90 Å². The Bertz CT molecular complexity index is 1470. The van der Waals surface area contributed by atoms with E-state index in [9.17, 15) is 45.4 Å². The summed E-state index contributed by atoms with van der Waals surface area (Å²) < 4.78 is 101. The number of carbonyl (C=O) groups is 2. The fraction of sp³-hybridized carbons (Fsp3) is 0.391. The topological polar surface area (TPSA) is 135 Å². The maximum absolute atomic E-state index is 14.7. The number of methoxy groups -OCH3 is 1. The molecule has 0 saturated carbocycles. The van der Waals surface area contributed by atoms with E-state index in [2.05, 4.69) is 15.4 Å². The molecule has 3 atom stereocenters. The van der Waals surface area contributed by atoms with Gasteiger partial charge in [0.2, 0.25) is 5.60 Å². The molecule has 2 amide bonds. The third-order valence-electron chi connectivity index (χ3n) is 6.45. The Morgan fingerprint density at radius 3 is 2.42 bits per heavy atom. The number of halogens is 7. The number of anilines is 1. The molecular formula is C23H21F7N6O4. The monoisotopic (exact) mass is 578 g/mol. The number of hydrogen-bond acceptors (Lipinski definition) is 7. The molecule has 1 aliphatic heterocycles. The van der Waals surface area contributed by atoms with Gasteiger partial charge in [-0.15, -0.1) is 0 Å². The van der Waals surface area contributed by atoms with Crippen molar-refractivity contribution in [3.05, 3.63) is 41.7 Å². The predicted octanol–water partition coefficient (Wildman–Crippen LogP) is 2.60. The summed E-state index contributed by atoms with van der Waals surface area (Å²) in [7, 11) is 1.20. The Morgan fingerprint density at radius 1 is 1.15 bits per heavy atom. The molecule has 17 heteroatoms. The molecule has 0 radical (unpaired) electrons. The van der Waals surface area contributed by atoms with Crippen molar-refractivity contribution in [2.75, 3.05) is 25.9 Å². The van der Waals surface area contributed by atoms with Crippen molar-refractivity contribution in [1.29, 1.82) is 0 Å². The van der Waals surface area contributed by atoms with Crippen molar-refractivity contribution in [3.63, 3.8) is 0 Å². The summed E-state index contributed by atoms with van der Waals surface area (Å²) >= 11 is 0. The van der Waals surface area contributed by atoms with Gasteiger partial charge in [0.05, 0.1) is 36.5 Å². The van der Waals surface area contributed by atoms with Gasteiger partial charge in [-0.2, -0.15) is 31.4 Å². The second-order valence-electron chi connectivity index (χ2n) is 9.14. The quantitative estimate of drug-likeness (QED) is 0.396. The van der Waals surface area contributed by atoms with E-state index in [4.69, 9.17) is 10.5 Å². The first-order valence-corrected chi connectivity index (χ1v) is 11.4. The first-order valence-electron chi connectivity index (χ1n) is 11.4. The maximum atomic E-state index is 14.7. The highest BCUT2D eigenvalue weighted by molar-refractivity contribution is 5.98. The molecule has 1 aromatic carbocycles. The van der Waals surface area contributed by atoms with Crippen molar-refractivity contribution < 1.29 is 50.2 Å². The van der Waals surface area contributed by atoms with Crippen LogP contribution in [0.5, 0.6) is 5.75 Å². The second-order valence-corrected chi connectivity index (χ2v) is 9.14. The van der Waals surface area contributed by atoms with E-state index in [0.717, 1.165) is 23.0 Å². The van der Waals surface area contributed by atoms with Gasteiger partial charge in [-0.05, 0) is 31.2 Å². The number of benzene rings is 1. The first-order chi connectivity index (χ1) is 18.5. The fourth-order valence-corrected chi connectivity index (χ4v) is 4.28. The number of nitrogens with one attached hydrogen (secondary N) is 1. The lowest BCUT2D eigenvalue weighted by Gasteiger charge is -2.29. The molecule has 4 N–H and O–H groups in total. The van der Waals surface area contributed by atoms with Gasteiger partial charge in [0.1, 0.15) is 23.8 Å². The van der Waals surface area contributed by atoms with E-state index >= 15 is 0 Å². The molecule has 2 aromatic heterocycles. The smallest absolute Gasteiger partial charge is 0.426 e. The number of nitrogen functional groups attached to an aromatic ring is 1. The molecule has 3 aromatic rings. The van der Waals surface area contributed by atoms with E-state index in [1.165, 1.54) is 19.2 Å². The minimum atomic E-state index is -5.32. The SMILES string of the molecule is COc1ccc(-c2cc(C(F)(F)F)c3c(N)ncnn23)cc1C(=O)N[C@@H]1CN(C(=O)[C@@](C)(O)C(F)(F)F)C[C@@H]1F. The standard InChI is InChI=1S/C23H21F7N6O4/c1-21(39,23(28,29)30)20(38)35-7-13(24)14(8-35)34-19(37)11-5-10(3-4-16(11)40-2)15-6-12(22(25,26)27)17-18(31)32-9-33-36(15)17/h3-6,9,13-14,39H,7-8H2,1-2H3,(H,34,37)(H2,31,32,33)/t13-,14+,21+/m0/s1. The number of nitrogens with zero attached hydrogens (tertiary/aromatic N) is 4. The highest BCUT2D eigenvalue weighted by Gasteiger charge is 2.58. The number of rotatable bonds is 5. The molecule has 1 fully saturated rings. The Labute approximate surface area is 220 Å². The number of alkyl halides is 7. The molecule has 40 heavy (non-hydrogen) atoms. The summed E-state index contributed by atoms with van der Waals surface area (Å²) in [5, 5.41) is 15.7. The van der Waals surface area contributed by atoms with Crippen molar-refractivity contribution >= 4 is 23.1 Å². The highest BCUT2D eigenvalue weighted by Crippen LogP contribution is 2.39. The average Bonchev–Trinajstić information content (AvgIpc) is 3.44. The van der Waals surface area contributed by atoms with E-state index in [1.54, 1.807) is 0 Å². The van der Waals surface area contributed by atoms with Crippen LogP contribution in [-0.4, -0.2) is 80.6 Å². The number of fused-ring (bicyclic) bond motifs is 1. The van der Waals surface area contributed by atoms with Crippen LogP contribution in [0.2, 0.25) is 0 Å².